The van der Waals surface area contributed by atoms with Gasteiger partial charge in [-0.3, -0.25) is 35.9 Å². The average molecular weight is 916 g/mol. The van der Waals surface area contributed by atoms with E-state index in [9.17, 15) is 0 Å². The predicted octanol–water partition coefficient (Wildman–Crippen LogP) is 10.9. The molecule has 0 heterocycles. The molecule has 1 nitrogen and oxygen atoms in total. The smallest absolute Gasteiger partial charge is 0.329 e. The van der Waals surface area contributed by atoms with Crippen molar-refractivity contribution in [2.75, 3.05) is 4.90 Å². The molecule has 0 amide bonds. The van der Waals surface area contributed by atoms with E-state index in [1.54, 1.807) is 0 Å². The van der Waals surface area contributed by atoms with Gasteiger partial charge in [0.2, 0.25) is 0 Å². The first-order valence-electron chi connectivity index (χ1n) is 23.0. The van der Waals surface area contributed by atoms with Crippen molar-refractivity contribution in [1.82, 2.24) is 0 Å². The molecule has 9 aromatic rings. The van der Waals surface area contributed by atoms with Crippen molar-refractivity contribution in [3.63, 3.8) is 0 Å². The van der Waals surface area contributed by atoms with Gasteiger partial charge in [-0.05, 0) is 81.6 Å². The summed E-state index contributed by atoms with van der Waals surface area (Å²) in [4.78, 5) is 2.35. The van der Waals surface area contributed by atoms with Crippen LogP contribution in [0.1, 0.15) is 75.6 Å². The van der Waals surface area contributed by atoms with Gasteiger partial charge in [0.05, 0.1) is 0 Å². The van der Waals surface area contributed by atoms with Crippen molar-refractivity contribution >= 4 is 17.1 Å². The van der Waals surface area contributed by atoms with Crippen LogP contribution >= 0.6 is 0 Å². The van der Waals surface area contributed by atoms with Crippen molar-refractivity contribution < 1.29 is 103 Å². The molecule has 3 heteroatoms. The standard InChI is InChI=1S/C35H28N.C17H17.2C6H5.2K/c1-3-35(4-2)33-21-12-11-20-31(33)32-23-22-30(25-34(32)35)36(28-17-9-6-10-18-28)29-19-13-16-27(24-29)26-14-7-5-8-15-26;1-3-17(4-2)15-11-7-5-9-13(15)14-10-6-8-12-16(14)17;2*1-2-4-6-5-3-1;;/h5-7,9-13,15,17-25H,3-4H2,1-2H3;5-7,9-12H,3-4H2,1-2H3;2*1-5H;;/q-3;3*-1;2*+1. The molecule has 0 fully saturated rings. The molecular weight excluding hydrogens is 861 g/mol. The molecule has 0 bridgehead atoms. The van der Waals surface area contributed by atoms with Crippen molar-refractivity contribution in [3.05, 3.63) is 271 Å². The number of rotatable bonds is 8. The van der Waals surface area contributed by atoms with E-state index in [0.717, 1.165) is 48.2 Å². The minimum Gasteiger partial charge on any atom is -0.329 e. The quantitative estimate of drug-likeness (QED) is 0.108. The summed E-state index contributed by atoms with van der Waals surface area (Å²) in [7, 11) is 0. The molecule has 0 radical (unpaired) electrons. The van der Waals surface area contributed by atoms with Crippen LogP contribution in [-0.2, 0) is 10.8 Å². The molecule has 9 aromatic carbocycles. The van der Waals surface area contributed by atoms with Gasteiger partial charge in [-0.1, -0.05) is 113 Å². The summed E-state index contributed by atoms with van der Waals surface area (Å²) < 4.78 is 0. The first-order chi connectivity index (χ1) is 32.1. The minimum atomic E-state index is 0. The second kappa shape index (κ2) is 25.6. The number of para-hydroxylation sites is 1. The maximum Gasteiger partial charge on any atom is 1.00 e. The summed E-state index contributed by atoms with van der Waals surface area (Å²) in [6.07, 6.45) is 4.47. The van der Waals surface area contributed by atoms with Gasteiger partial charge in [-0.15, -0.1) is 17.2 Å². The van der Waals surface area contributed by atoms with Crippen LogP contribution in [0.4, 0.5) is 17.1 Å². The molecule has 67 heavy (non-hydrogen) atoms. The van der Waals surface area contributed by atoms with Crippen LogP contribution in [0.3, 0.4) is 0 Å². The Morgan fingerprint density at radius 1 is 0.343 bits per heavy atom. The van der Waals surface area contributed by atoms with E-state index >= 15 is 0 Å². The molecular formula is C64H55K2N-4. The Morgan fingerprint density at radius 2 is 0.836 bits per heavy atom. The molecule has 11 rings (SSSR count). The fourth-order valence-electron chi connectivity index (χ4n) is 9.91. The monoisotopic (exact) mass is 915 g/mol. The largest absolute Gasteiger partial charge is 1.00 e. The second-order valence-corrected chi connectivity index (χ2v) is 16.4. The molecule has 0 saturated carbocycles. The zero-order chi connectivity index (χ0) is 44.9. The van der Waals surface area contributed by atoms with Gasteiger partial charge >= 0.3 is 103 Å². The second-order valence-electron chi connectivity index (χ2n) is 16.4. The molecule has 2 aliphatic rings. The Morgan fingerprint density at radius 3 is 1.37 bits per heavy atom. The van der Waals surface area contributed by atoms with Gasteiger partial charge in [-0.2, -0.15) is 115 Å². The Labute approximate surface area is 486 Å². The Bertz CT molecular complexity index is 2740. The maximum atomic E-state index is 3.39. The van der Waals surface area contributed by atoms with E-state index in [0.29, 0.717) is 0 Å². The van der Waals surface area contributed by atoms with E-state index in [-0.39, 0.29) is 114 Å². The maximum absolute atomic E-state index is 3.39. The Kier molecular flexibility index (Phi) is 20.0. The fraction of sp³-hybridized carbons (Fsp3) is 0.156. The first-order valence-corrected chi connectivity index (χ1v) is 23.0. The molecule has 0 spiro atoms. The average Bonchev–Trinajstić information content (AvgIpc) is 3.85. The number of hydrogen-bond acceptors (Lipinski definition) is 1. The number of nitrogens with zero attached hydrogens (tertiary/aromatic N) is 1. The Hall–Kier alpha value is -3.95. The topological polar surface area (TPSA) is 3.24 Å². The molecule has 2 aliphatic carbocycles. The number of fused-ring (bicyclic) bond motifs is 6. The van der Waals surface area contributed by atoms with Gasteiger partial charge in [-0.25, -0.2) is 5.56 Å². The molecule has 0 aromatic heterocycles. The van der Waals surface area contributed by atoms with E-state index in [4.69, 9.17) is 0 Å². The van der Waals surface area contributed by atoms with Gasteiger partial charge < -0.3 is 4.90 Å². The summed E-state index contributed by atoms with van der Waals surface area (Å²) in [5, 5.41) is 0. The van der Waals surface area contributed by atoms with Crippen molar-refractivity contribution in [2.45, 2.75) is 64.2 Å². The van der Waals surface area contributed by atoms with Gasteiger partial charge in [0.1, 0.15) is 0 Å². The summed E-state index contributed by atoms with van der Waals surface area (Å²) in [6, 6.07) is 92.0. The van der Waals surface area contributed by atoms with Crippen LogP contribution in [-0.4, -0.2) is 0 Å². The van der Waals surface area contributed by atoms with Crippen LogP contribution in [0.5, 0.6) is 0 Å². The number of hydrogen-bond donors (Lipinski definition) is 0. The van der Waals surface area contributed by atoms with E-state index < -0.39 is 0 Å². The van der Waals surface area contributed by atoms with E-state index in [2.05, 4.69) is 190 Å². The van der Waals surface area contributed by atoms with Crippen LogP contribution in [0, 0.1) is 36.4 Å². The van der Waals surface area contributed by atoms with Gasteiger partial charge in [0.15, 0.2) is 0 Å². The molecule has 0 atom stereocenters. The summed E-state index contributed by atoms with van der Waals surface area (Å²) >= 11 is 0. The third-order valence-electron chi connectivity index (χ3n) is 13.2. The van der Waals surface area contributed by atoms with Crippen molar-refractivity contribution in [3.8, 4) is 33.4 Å². The van der Waals surface area contributed by atoms with E-state index in [1.165, 1.54) is 50.2 Å². The fourth-order valence-corrected chi connectivity index (χ4v) is 9.91. The van der Waals surface area contributed by atoms with Crippen LogP contribution in [0.2, 0.25) is 0 Å². The summed E-state index contributed by atoms with van der Waals surface area (Å²) in [5.74, 6) is 0. The Balaban J connectivity index is 0.000000195. The zero-order valence-corrected chi connectivity index (χ0v) is 46.2. The SMILES string of the molecule is CCC1(CC)c2c[c-]ccc2-c2ccccc21.CCC1(CC)c2ccccc2-c2ccc(N(c3ccccc3)c3cc[c-]c(-c4[c-]cc[c-]c4)c3)cc21.[K+].[K+].[c-]1ccccc1.[c-]1ccccc1. The van der Waals surface area contributed by atoms with Crippen molar-refractivity contribution in [2.24, 2.45) is 0 Å². The third kappa shape index (κ3) is 11.4. The van der Waals surface area contributed by atoms with Crippen LogP contribution in [0.25, 0.3) is 33.4 Å². The van der Waals surface area contributed by atoms with Crippen LogP contribution < -0.4 is 108 Å². The molecule has 322 valence electrons. The number of anilines is 3. The predicted molar refractivity (Wildman–Crippen MR) is 272 cm³/mol. The normalized spacial score (nSPS) is 12.4. The van der Waals surface area contributed by atoms with Gasteiger partial charge in [0, 0.05) is 16.8 Å². The number of benzene rings is 9. The van der Waals surface area contributed by atoms with Gasteiger partial charge in [0.25, 0.3) is 0 Å². The first kappa shape index (κ1) is 52.4. The third-order valence-corrected chi connectivity index (χ3v) is 13.2. The molecule has 0 saturated heterocycles. The summed E-state index contributed by atoms with van der Waals surface area (Å²) in [5.41, 5.74) is 17.1. The summed E-state index contributed by atoms with van der Waals surface area (Å²) in [6.45, 7) is 9.23. The molecule has 0 aliphatic heterocycles. The van der Waals surface area contributed by atoms with Crippen LogP contribution in [0.15, 0.2) is 212 Å². The molecule has 0 N–H and O–H groups in total. The minimum absolute atomic E-state index is 0. The van der Waals surface area contributed by atoms with E-state index in [1.807, 2.05) is 91.0 Å². The van der Waals surface area contributed by atoms with Crippen molar-refractivity contribution in [1.29, 1.82) is 0 Å². The zero-order valence-electron chi connectivity index (χ0n) is 40.0. The molecule has 0 unspecified atom stereocenters.